The Kier molecular flexibility index (Phi) is 4.17. The van der Waals surface area contributed by atoms with Crippen LogP contribution in [0.5, 0.6) is 0 Å². The predicted octanol–water partition coefficient (Wildman–Crippen LogP) is 1.51. The first kappa shape index (κ1) is 14.2. The minimum Gasteiger partial charge on any atom is -0.548 e. The number of aryl methyl sites for hydroxylation is 1. The van der Waals surface area contributed by atoms with Crippen LogP contribution in [0.2, 0.25) is 0 Å². The molecule has 0 aliphatic heterocycles. The predicted molar refractivity (Wildman–Crippen MR) is 76.1 cm³/mol. The number of nitrogens with one attached hydrogen (secondary N) is 1. The SMILES string of the molecule is Cc1ccc2ncnc(N[C@H](CC(C)C)C(=O)[O-])c2c1. The second kappa shape index (κ2) is 5.86. The molecule has 0 aliphatic carbocycles. The van der Waals surface area contributed by atoms with Crippen LogP contribution >= 0.6 is 0 Å². The zero-order chi connectivity index (χ0) is 14.7. The van der Waals surface area contributed by atoms with Gasteiger partial charge in [0.05, 0.1) is 17.5 Å². The summed E-state index contributed by atoms with van der Waals surface area (Å²) < 4.78 is 0. The van der Waals surface area contributed by atoms with Crippen molar-refractivity contribution < 1.29 is 9.90 Å². The van der Waals surface area contributed by atoms with E-state index in [0.29, 0.717) is 12.2 Å². The van der Waals surface area contributed by atoms with Crippen LogP contribution < -0.4 is 10.4 Å². The van der Waals surface area contributed by atoms with Gasteiger partial charge in [-0.3, -0.25) is 0 Å². The lowest BCUT2D eigenvalue weighted by Crippen LogP contribution is -2.41. The molecular formula is C15H18N3O2-. The topological polar surface area (TPSA) is 77.9 Å². The lowest BCUT2D eigenvalue weighted by Gasteiger charge is -2.22. The van der Waals surface area contributed by atoms with Crippen molar-refractivity contribution in [2.45, 2.75) is 33.2 Å². The van der Waals surface area contributed by atoms with Crippen LogP contribution in [-0.2, 0) is 4.79 Å². The zero-order valence-corrected chi connectivity index (χ0v) is 11.9. The number of hydrogen-bond donors (Lipinski definition) is 1. The molecule has 1 aromatic carbocycles. The summed E-state index contributed by atoms with van der Waals surface area (Å²) in [6, 6.07) is 5.05. The molecule has 0 aliphatic rings. The van der Waals surface area contributed by atoms with Gasteiger partial charge < -0.3 is 15.2 Å². The van der Waals surface area contributed by atoms with E-state index in [1.807, 2.05) is 39.0 Å². The van der Waals surface area contributed by atoms with E-state index in [0.717, 1.165) is 16.5 Å². The molecule has 5 nitrogen and oxygen atoms in total. The van der Waals surface area contributed by atoms with Gasteiger partial charge in [-0.2, -0.15) is 0 Å². The third-order valence-electron chi connectivity index (χ3n) is 3.09. The second-order valence-corrected chi connectivity index (χ2v) is 5.39. The third-order valence-corrected chi connectivity index (χ3v) is 3.09. The van der Waals surface area contributed by atoms with E-state index in [1.54, 1.807) is 0 Å². The Hall–Kier alpha value is -2.17. The molecule has 2 rings (SSSR count). The van der Waals surface area contributed by atoms with Crippen molar-refractivity contribution in [3.63, 3.8) is 0 Å². The number of aromatic nitrogens is 2. The molecule has 106 valence electrons. The molecule has 0 unspecified atom stereocenters. The molecule has 0 saturated heterocycles. The highest BCUT2D eigenvalue weighted by molar-refractivity contribution is 5.90. The summed E-state index contributed by atoms with van der Waals surface area (Å²) in [5.41, 5.74) is 1.86. The summed E-state index contributed by atoms with van der Waals surface area (Å²) in [4.78, 5) is 19.6. The Labute approximate surface area is 118 Å². The van der Waals surface area contributed by atoms with E-state index >= 15 is 0 Å². The maximum Gasteiger partial charge on any atom is 0.137 e. The number of anilines is 1. The maximum atomic E-state index is 11.2. The molecule has 0 spiro atoms. The van der Waals surface area contributed by atoms with Crippen molar-refractivity contribution in [1.82, 2.24) is 9.97 Å². The van der Waals surface area contributed by atoms with E-state index in [2.05, 4.69) is 15.3 Å². The summed E-state index contributed by atoms with van der Waals surface area (Å²) in [6.07, 6.45) is 1.92. The molecule has 0 fully saturated rings. The first-order chi connectivity index (χ1) is 9.47. The number of hydrogen-bond acceptors (Lipinski definition) is 5. The van der Waals surface area contributed by atoms with Crippen LogP contribution in [0.25, 0.3) is 10.9 Å². The smallest absolute Gasteiger partial charge is 0.137 e. The Morgan fingerprint density at radius 2 is 2.10 bits per heavy atom. The van der Waals surface area contributed by atoms with Crippen LogP contribution in [0.15, 0.2) is 24.5 Å². The van der Waals surface area contributed by atoms with Gasteiger partial charge in [-0.15, -0.1) is 0 Å². The van der Waals surface area contributed by atoms with Gasteiger partial charge in [0, 0.05) is 5.39 Å². The Bertz CT molecular complexity index is 626. The lowest BCUT2D eigenvalue weighted by atomic mass is 10.0. The molecule has 0 amide bonds. The third kappa shape index (κ3) is 3.23. The molecule has 0 radical (unpaired) electrons. The fourth-order valence-electron chi connectivity index (χ4n) is 2.14. The number of aliphatic carboxylic acids is 1. The Morgan fingerprint density at radius 1 is 1.35 bits per heavy atom. The number of carboxylic acids is 1. The molecule has 1 aromatic heterocycles. The van der Waals surface area contributed by atoms with Gasteiger partial charge in [-0.25, -0.2) is 9.97 Å². The molecule has 1 heterocycles. The molecule has 2 aromatic rings. The van der Waals surface area contributed by atoms with Crippen LogP contribution in [0.4, 0.5) is 5.82 Å². The van der Waals surface area contributed by atoms with E-state index in [4.69, 9.17) is 0 Å². The fourth-order valence-corrected chi connectivity index (χ4v) is 2.14. The first-order valence-corrected chi connectivity index (χ1v) is 6.66. The van der Waals surface area contributed by atoms with Crippen molar-refractivity contribution in [2.75, 3.05) is 5.32 Å². The minimum absolute atomic E-state index is 0.250. The Balaban J connectivity index is 2.36. The van der Waals surface area contributed by atoms with E-state index < -0.39 is 12.0 Å². The second-order valence-electron chi connectivity index (χ2n) is 5.39. The number of carbonyl (C=O) groups is 1. The Morgan fingerprint density at radius 3 is 2.75 bits per heavy atom. The van der Waals surface area contributed by atoms with Gasteiger partial charge in [-0.1, -0.05) is 25.5 Å². The molecule has 1 atom stereocenters. The number of nitrogens with zero attached hydrogens (tertiary/aromatic N) is 2. The van der Waals surface area contributed by atoms with E-state index in [-0.39, 0.29) is 5.92 Å². The van der Waals surface area contributed by atoms with Crippen LogP contribution in [0.3, 0.4) is 0 Å². The first-order valence-electron chi connectivity index (χ1n) is 6.66. The quantitative estimate of drug-likeness (QED) is 0.892. The van der Waals surface area contributed by atoms with Crippen LogP contribution in [0.1, 0.15) is 25.8 Å². The van der Waals surface area contributed by atoms with Gasteiger partial charge in [0.1, 0.15) is 12.1 Å². The molecule has 20 heavy (non-hydrogen) atoms. The summed E-state index contributed by atoms with van der Waals surface area (Å²) in [5.74, 6) is -0.327. The summed E-state index contributed by atoms with van der Waals surface area (Å²) in [6.45, 7) is 5.92. The fraction of sp³-hybridized carbons (Fsp3) is 0.400. The molecule has 1 N–H and O–H groups in total. The van der Waals surface area contributed by atoms with E-state index in [9.17, 15) is 9.90 Å². The average molecular weight is 272 g/mol. The van der Waals surface area contributed by atoms with Gasteiger partial charge in [0.2, 0.25) is 0 Å². The highest BCUT2D eigenvalue weighted by Crippen LogP contribution is 2.22. The number of carbonyl (C=O) groups excluding carboxylic acids is 1. The van der Waals surface area contributed by atoms with E-state index in [1.165, 1.54) is 6.33 Å². The standard InChI is InChI=1S/C15H19N3O2/c1-9(2)6-13(15(19)20)18-14-11-7-10(3)4-5-12(11)16-8-17-14/h4-5,7-9,13H,6H2,1-3H3,(H,19,20)(H,16,17,18)/p-1/t13-/m1/s1. The maximum absolute atomic E-state index is 11.2. The minimum atomic E-state index is -1.11. The van der Waals surface area contributed by atoms with Crippen LogP contribution in [0, 0.1) is 12.8 Å². The number of fused-ring (bicyclic) bond motifs is 1. The van der Waals surface area contributed by atoms with Gasteiger partial charge in [0.25, 0.3) is 0 Å². The highest BCUT2D eigenvalue weighted by atomic mass is 16.4. The van der Waals surface area contributed by atoms with Crippen molar-refractivity contribution in [1.29, 1.82) is 0 Å². The van der Waals surface area contributed by atoms with Crippen LogP contribution in [-0.4, -0.2) is 22.0 Å². The largest absolute Gasteiger partial charge is 0.548 e. The molecule has 5 heteroatoms. The van der Waals surface area contributed by atoms with Crippen molar-refractivity contribution in [3.8, 4) is 0 Å². The highest BCUT2D eigenvalue weighted by Gasteiger charge is 2.14. The molecule has 0 saturated carbocycles. The normalized spacial score (nSPS) is 12.6. The lowest BCUT2D eigenvalue weighted by molar-refractivity contribution is -0.307. The molecule has 0 bridgehead atoms. The summed E-state index contributed by atoms with van der Waals surface area (Å²) >= 11 is 0. The number of carboxylic acid groups (broad SMARTS) is 1. The van der Waals surface area contributed by atoms with Crippen molar-refractivity contribution in [3.05, 3.63) is 30.1 Å². The summed E-state index contributed by atoms with van der Waals surface area (Å²) in [5, 5.41) is 15.0. The number of benzene rings is 1. The van der Waals surface area contributed by atoms with Gasteiger partial charge in [-0.05, 0) is 31.4 Å². The monoisotopic (exact) mass is 272 g/mol. The van der Waals surface area contributed by atoms with Crippen molar-refractivity contribution in [2.24, 2.45) is 5.92 Å². The van der Waals surface area contributed by atoms with Crippen molar-refractivity contribution >= 4 is 22.7 Å². The van der Waals surface area contributed by atoms with Gasteiger partial charge >= 0.3 is 0 Å². The average Bonchev–Trinajstić information content (AvgIpc) is 2.38. The summed E-state index contributed by atoms with van der Waals surface area (Å²) in [7, 11) is 0. The molecular weight excluding hydrogens is 254 g/mol. The number of rotatable bonds is 5. The van der Waals surface area contributed by atoms with Gasteiger partial charge in [0.15, 0.2) is 0 Å². The zero-order valence-electron chi connectivity index (χ0n) is 11.9.